The van der Waals surface area contributed by atoms with E-state index in [1.807, 2.05) is 30.1 Å². The fraction of sp³-hybridized carbons (Fsp3) is 0.550. The highest BCUT2D eigenvalue weighted by atomic mass is 16.3. The van der Waals surface area contributed by atoms with Gasteiger partial charge in [0.05, 0.1) is 36.4 Å². The molecule has 1 unspecified atom stereocenters. The zero-order valence-electron chi connectivity index (χ0n) is 16.3. The average molecular weight is 385 g/mol. The van der Waals surface area contributed by atoms with E-state index in [0.29, 0.717) is 10.9 Å². The van der Waals surface area contributed by atoms with Crippen LogP contribution in [0, 0.1) is 0 Å². The van der Waals surface area contributed by atoms with Gasteiger partial charge in [-0.3, -0.25) is 19.1 Å². The Morgan fingerprint density at radius 2 is 1.93 bits per heavy atom. The number of benzene rings is 1. The molecule has 2 aromatic rings. The standard InChI is InChI=1S/C20H27N5O3/c1-22-6-2-3-18(20(22)28)24-9-7-23(8-10-24)15-4-5-16-17(13-15)21-14-25(11-12-26)19(16)27/h4-5,13-14,18,26H,2-3,6-12H2,1H3. The lowest BCUT2D eigenvalue weighted by atomic mass is 10.0. The number of hydrogen-bond donors (Lipinski definition) is 1. The third kappa shape index (κ3) is 3.49. The number of aromatic nitrogens is 2. The SMILES string of the molecule is CN1CCCC(N2CCN(c3ccc4c(=O)n(CCO)cnc4c3)CC2)C1=O. The number of nitrogens with zero attached hydrogens (tertiary/aromatic N) is 5. The van der Waals surface area contributed by atoms with E-state index < -0.39 is 0 Å². The third-order valence-corrected chi connectivity index (χ3v) is 5.90. The Morgan fingerprint density at radius 3 is 2.68 bits per heavy atom. The van der Waals surface area contributed by atoms with E-state index in [1.54, 1.807) is 0 Å². The fourth-order valence-corrected chi connectivity index (χ4v) is 4.25. The molecule has 4 rings (SSSR count). The maximum absolute atomic E-state index is 12.4. The third-order valence-electron chi connectivity index (χ3n) is 5.90. The smallest absolute Gasteiger partial charge is 0.261 e. The van der Waals surface area contributed by atoms with Gasteiger partial charge in [-0.15, -0.1) is 0 Å². The van der Waals surface area contributed by atoms with Crippen molar-refractivity contribution >= 4 is 22.5 Å². The second-order valence-corrected chi connectivity index (χ2v) is 7.61. The molecule has 2 aliphatic rings. The van der Waals surface area contributed by atoms with Crippen molar-refractivity contribution < 1.29 is 9.90 Å². The molecule has 1 aromatic carbocycles. The summed E-state index contributed by atoms with van der Waals surface area (Å²) in [6.45, 7) is 4.43. The Labute approximate surface area is 164 Å². The van der Waals surface area contributed by atoms with Crippen LogP contribution < -0.4 is 10.5 Å². The van der Waals surface area contributed by atoms with E-state index in [0.717, 1.165) is 51.3 Å². The number of fused-ring (bicyclic) bond motifs is 1. The van der Waals surface area contributed by atoms with Crippen molar-refractivity contribution in [3.63, 3.8) is 0 Å². The number of hydrogen-bond acceptors (Lipinski definition) is 6. The van der Waals surface area contributed by atoms with Crippen molar-refractivity contribution in [1.29, 1.82) is 0 Å². The number of aliphatic hydroxyl groups is 1. The number of carbonyl (C=O) groups excluding carboxylic acids is 1. The van der Waals surface area contributed by atoms with E-state index in [2.05, 4.69) is 14.8 Å². The van der Waals surface area contributed by atoms with E-state index in [4.69, 9.17) is 5.11 Å². The minimum atomic E-state index is -0.129. The molecule has 3 heterocycles. The second-order valence-electron chi connectivity index (χ2n) is 7.61. The second kappa shape index (κ2) is 7.89. The van der Waals surface area contributed by atoms with Crippen LogP contribution in [0.3, 0.4) is 0 Å². The highest BCUT2D eigenvalue weighted by Gasteiger charge is 2.33. The number of likely N-dealkylation sites (tertiary alicyclic amines) is 1. The maximum Gasteiger partial charge on any atom is 0.261 e. The van der Waals surface area contributed by atoms with Gasteiger partial charge in [0.25, 0.3) is 5.56 Å². The lowest BCUT2D eigenvalue weighted by Crippen LogP contribution is -2.57. The Morgan fingerprint density at radius 1 is 1.14 bits per heavy atom. The number of piperidine rings is 1. The summed E-state index contributed by atoms with van der Waals surface area (Å²) in [5, 5.41) is 9.62. The first-order chi connectivity index (χ1) is 13.6. The van der Waals surface area contributed by atoms with Gasteiger partial charge in [0.2, 0.25) is 5.91 Å². The Balaban J connectivity index is 1.47. The van der Waals surface area contributed by atoms with Crippen molar-refractivity contribution in [1.82, 2.24) is 19.4 Å². The Bertz CT molecular complexity index is 920. The van der Waals surface area contributed by atoms with Crippen molar-refractivity contribution in [3.05, 3.63) is 34.9 Å². The highest BCUT2D eigenvalue weighted by Crippen LogP contribution is 2.23. The van der Waals surface area contributed by atoms with E-state index in [1.165, 1.54) is 10.9 Å². The van der Waals surface area contributed by atoms with Gasteiger partial charge < -0.3 is 14.9 Å². The van der Waals surface area contributed by atoms with Crippen LogP contribution >= 0.6 is 0 Å². The predicted molar refractivity (Wildman–Crippen MR) is 108 cm³/mol. The average Bonchev–Trinajstić information content (AvgIpc) is 2.72. The first kappa shape index (κ1) is 18.9. The molecule has 28 heavy (non-hydrogen) atoms. The molecule has 1 aromatic heterocycles. The molecule has 0 bridgehead atoms. The molecule has 1 N–H and O–H groups in total. The maximum atomic E-state index is 12.4. The summed E-state index contributed by atoms with van der Waals surface area (Å²) in [6.07, 6.45) is 3.51. The van der Waals surface area contributed by atoms with Gasteiger partial charge in [-0.05, 0) is 31.0 Å². The molecule has 0 radical (unpaired) electrons. The molecule has 2 fully saturated rings. The summed E-state index contributed by atoms with van der Waals surface area (Å²) in [5.41, 5.74) is 1.59. The van der Waals surface area contributed by atoms with E-state index >= 15 is 0 Å². The minimum Gasteiger partial charge on any atom is -0.395 e. The number of amides is 1. The number of rotatable bonds is 4. The number of piperazine rings is 1. The summed E-state index contributed by atoms with van der Waals surface area (Å²) < 4.78 is 1.43. The van der Waals surface area contributed by atoms with Gasteiger partial charge in [0, 0.05) is 45.5 Å². The molecule has 0 aliphatic carbocycles. The van der Waals surface area contributed by atoms with E-state index in [-0.39, 0.29) is 30.7 Å². The molecule has 2 aliphatic heterocycles. The number of anilines is 1. The van der Waals surface area contributed by atoms with Crippen LogP contribution in [-0.4, -0.2) is 82.8 Å². The Hall–Kier alpha value is -2.45. The van der Waals surface area contributed by atoms with Crippen molar-refractivity contribution in [2.24, 2.45) is 0 Å². The summed E-state index contributed by atoms with van der Waals surface area (Å²) >= 11 is 0. The molecule has 8 heteroatoms. The number of aliphatic hydroxyl groups excluding tert-OH is 1. The van der Waals surface area contributed by atoms with Gasteiger partial charge in [0.15, 0.2) is 0 Å². The van der Waals surface area contributed by atoms with Crippen LogP contribution in [0.5, 0.6) is 0 Å². The van der Waals surface area contributed by atoms with Gasteiger partial charge in [0.1, 0.15) is 0 Å². The molecule has 0 saturated carbocycles. The first-order valence-electron chi connectivity index (χ1n) is 9.92. The summed E-state index contributed by atoms with van der Waals surface area (Å²) in [7, 11) is 1.89. The molecule has 0 spiro atoms. The van der Waals surface area contributed by atoms with Crippen LogP contribution in [-0.2, 0) is 11.3 Å². The zero-order valence-corrected chi connectivity index (χ0v) is 16.3. The molecule has 8 nitrogen and oxygen atoms in total. The largest absolute Gasteiger partial charge is 0.395 e. The summed E-state index contributed by atoms with van der Waals surface area (Å²) in [4.78, 5) is 35.7. The predicted octanol–water partition coefficient (Wildman–Crippen LogP) is 0.132. The number of likely N-dealkylation sites (N-methyl/N-ethyl adjacent to an activating group) is 1. The van der Waals surface area contributed by atoms with Gasteiger partial charge in [-0.2, -0.15) is 0 Å². The Kier molecular flexibility index (Phi) is 5.32. The van der Waals surface area contributed by atoms with E-state index in [9.17, 15) is 9.59 Å². The lowest BCUT2D eigenvalue weighted by Gasteiger charge is -2.42. The first-order valence-corrected chi connectivity index (χ1v) is 9.92. The van der Waals surface area contributed by atoms with Crippen LogP contribution in [0.25, 0.3) is 10.9 Å². The van der Waals surface area contributed by atoms with Crippen molar-refractivity contribution in [3.8, 4) is 0 Å². The normalized spacial score (nSPS) is 21.5. The van der Waals surface area contributed by atoms with Crippen molar-refractivity contribution in [2.45, 2.75) is 25.4 Å². The fourth-order valence-electron chi connectivity index (χ4n) is 4.25. The molecule has 150 valence electrons. The van der Waals surface area contributed by atoms with Crippen LogP contribution in [0.1, 0.15) is 12.8 Å². The van der Waals surface area contributed by atoms with Gasteiger partial charge >= 0.3 is 0 Å². The van der Waals surface area contributed by atoms with Crippen LogP contribution in [0.15, 0.2) is 29.3 Å². The molecule has 1 atom stereocenters. The van der Waals surface area contributed by atoms with Gasteiger partial charge in [-0.1, -0.05) is 0 Å². The minimum absolute atomic E-state index is 0.0177. The molecule has 2 saturated heterocycles. The van der Waals surface area contributed by atoms with Crippen molar-refractivity contribution in [2.75, 3.05) is 51.3 Å². The molecule has 1 amide bonds. The summed E-state index contributed by atoms with van der Waals surface area (Å²) in [6, 6.07) is 5.75. The number of carbonyl (C=O) groups is 1. The molecular weight excluding hydrogens is 358 g/mol. The van der Waals surface area contributed by atoms with Crippen LogP contribution in [0.4, 0.5) is 5.69 Å². The monoisotopic (exact) mass is 385 g/mol. The summed E-state index contributed by atoms with van der Waals surface area (Å²) in [5.74, 6) is 0.244. The molecular formula is C20H27N5O3. The van der Waals surface area contributed by atoms with Gasteiger partial charge in [-0.25, -0.2) is 4.98 Å². The zero-order chi connectivity index (χ0) is 19.7. The quantitative estimate of drug-likeness (QED) is 0.806. The van der Waals surface area contributed by atoms with Crippen LogP contribution in [0.2, 0.25) is 0 Å². The topological polar surface area (TPSA) is 81.9 Å². The lowest BCUT2D eigenvalue weighted by molar-refractivity contribution is -0.138. The highest BCUT2D eigenvalue weighted by molar-refractivity contribution is 5.83.